The molecule has 0 saturated heterocycles. The van der Waals surface area contributed by atoms with E-state index in [0.29, 0.717) is 23.7 Å². The van der Waals surface area contributed by atoms with Crippen molar-refractivity contribution in [3.63, 3.8) is 0 Å². The maximum Gasteiger partial charge on any atom is 0.264 e. The van der Waals surface area contributed by atoms with E-state index >= 15 is 0 Å². The van der Waals surface area contributed by atoms with E-state index in [9.17, 15) is 13.2 Å². The zero-order valence-electron chi connectivity index (χ0n) is 18.2. The fraction of sp³-hybridized carbons (Fsp3) is 0.208. The molecule has 1 heterocycles. The van der Waals surface area contributed by atoms with Crippen molar-refractivity contribution in [3.05, 3.63) is 78.4 Å². The molecule has 1 N–H and O–H groups in total. The van der Waals surface area contributed by atoms with Gasteiger partial charge in [0.15, 0.2) is 17.6 Å². The van der Waals surface area contributed by atoms with Gasteiger partial charge in [0, 0.05) is 12.6 Å². The largest absolute Gasteiger partial charge is 0.493 e. The monoisotopic (exact) mass is 468 g/mol. The summed E-state index contributed by atoms with van der Waals surface area (Å²) in [5, 5.41) is 2.82. The first-order valence-electron chi connectivity index (χ1n) is 10.3. The zero-order valence-corrected chi connectivity index (χ0v) is 19.0. The molecule has 1 unspecified atom stereocenters. The Labute approximate surface area is 192 Å². The van der Waals surface area contributed by atoms with Gasteiger partial charge in [-0.3, -0.25) is 9.10 Å². The van der Waals surface area contributed by atoms with E-state index in [2.05, 4.69) is 5.32 Å². The molecule has 0 aliphatic carbocycles. The zero-order chi connectivity index (χ0) is 23.4. The van der Waals surface area contributed by atoms with Gasteiger partial charge >= 0.3 is 0 Å². The van der Waals surface area contributed by atoms with Gasteiger partial charge in [-0.05, 0) is 29.8 Å². The number of anilines is 1. The molecule has 1 atom stereocenters. The van der Waals surface area contributed by atoms with Crippen LogP contribution in [0.5, 0.6) is 17.2 Å². The standard InChI is InChI=1S/C24H24N2O6S/c1-30-21-13-12-18(14-22(21)31-2)33(28,29)26-16-23(32-20-11-7-6-10-19(20)26)24(27)25-15-17-8-4-3-5-9-17/h3-14,23H,15-16H2,1-2H3,(H,25,27). The van der Waals surface area contributed by atoms with Crippen LogP contribution in [0.4, 0.5) is 5.69 Å². The molecule has 9 heteroatoms. The molecule has 3 aromatic rings. The molecule has 1 amide bonds. The van der Waals surface area contributed by atoms with Crippen LogP contribution in [0, 0.1) is 0 Å². The lowest BCUT2D eigenvalue weighted by atomic mass is 10.2. The molecule has 33 heavy (non-hydrogen) atoms. The third kappa shape index (κ3) is 4.58. The van der Waals surface area contributed by atoms with Crippen LogP contribution in [0.3, 0.4) is 0 Å². The summed E-state index contributed by atoms with van der Waals surface area (Å²) in [4.78, 5) is 12.9. The smallest absolute Gasteiger partial charge is 0.264 e. The van der Waals surface area contributed by atoms with Crippen LogP contribution < -0.4 is 23.8 Å². The van der Waals surface area contributed by atoms with Crippen molar-refractivity contribution in [1.82, 2.24) is 5.32 Å². The fourth-order valence-electron chi connectivity index (χ4n) is 3.57. The molecule has 4 rings (SSSR count). The molecule has 0 saturated carbocycles. The lowest BCUT2D eigenvalue weighted by Gasteiger charge is -2.34. The third-order valence-corrected chi connectivity index (χ3v) is 7.06. The average molecular weight is 469 g/mol. The molecule has 172 valence electrons. The number of nitrogens with zero attached hydrogens (tertiary/aromatic N) is 1. The van der Waals surface area contributed by atoms with E-state index in [-0.39, 0.29) is 17.2 Å². The Bertz CT molecular complexity index is 1250. The highest BCUT2D eigenvalue weighted by atomic mass is 32.2. The number of carbonyl (C=O) groups excluding carboxylic acids is 1. The van der Waals surface area contributed by atoms with E-state index in [4.69, 9.17) is 14.2 Å². The van der Waals surface area contributed by atoms with Crippen LogP contribution in [-0.4, -0.2) is 41.2 Å². The molecule has 0 fully saturated rings. The highest BCUT2D eigenvalue weighted by Gasteiger charge is 2.37. The number of hydrogen-bond donors (Lipinski definition) is 1. The fourth-order valence-corrected chi connectivity index (χ4v) is 5.06. The second-order valence-corrected chi connectivity index (χ2v) is 9.19. The first-order valence-corrected chi connectivity index (χ1v) is 11.7. The van der Waals surface area contributed by atoms with E-state index in [0.717, 1.165) is 5.56 Å². The van der Waals surface area contributed by atoms with Gasteiger partial charge in [-0.25, -0.2) is 8.42 Å². The number of methoxy groups -OCH3 is 2. The van der Waals surface area contributed by atoms with Crippen LogP contribution in [0.25, 0.3) is 0 Å². The summed E-state index contributed by atoms with van der Waals surface area (Å²) in [6.45, 7) is 0.137. The van der Waals surface area contributed by atoms with Crippen molar-refractivity contribution in [2.24, 2.45) is 0 Å². The molecule has 0 aromatic heterocycles. The van der Waals surface area contributed by atoms with Crippen LogP contribution in [-0.2, 0) is 21.4 Å². The Morgan fingerprint density at radius 3 is 2.42 bits per heavy atom. The summed E-state index contributed by atoms with van der Waals surface area (Å²) in [5.74, 6) is 0.614. The third-order valence-electron chi connectivity index (χ3n) is 5.28. The van der Waals surface area contributed by atoms with Crippen LogP contribution >= 0.6 is 0 Å². The Morgan fingerprint density at radius 2 is 1.70 bits per heavy atom. The van der Waals surface area contributed by atoms with Gasteiger partial charge in [0.1, 0.15) is 5.75 Å². The summed E-state index contributed by atoms with van der Waals surface area (Å²) < 4.78 is 44.7. The minimum atomic E-state index is -4.03. The van der Waals surface area contributed by atoms with E-state index in [1.165, 1.54) is 36.7 Å². The number of ether oxygens (including phenoxy) is 3. The maximum absolute atomic E-state index is 13.6. The minimum absolute atomic E-state index is 0.0142. The van der Waals surface area contributed by atoms with E-state index in [1.54, 1.807) is 24.3 Å². The van der Waals surface area contributed by atoms with Gasteiger partial charge < -0.3 is 19.5 Å². The Hall–Kier alpha value is -3.72. The number of hydrogen-bond acceptors (Lipinski definition) is 6. The van der Waals surface area contributed by atoms with Crippen LogP contribution in [0.2, 0.25) is 0 Å². The molecule has 3 aromatic carbocycles. The van der Waals surface area contributed by atoms with Crippen LogP contribution in [0.15, 0.2) is 77.7 Å². The molecule has 1 aliphatic heterocycles. The Balaban J connectivity index is 1.63. The van der Waals surface area contributed by atoms with Crippen molar-refractivity contribution in [2.45, 2.75) is 17.5 Å². The lowest BCUT2D eigenvalue weighted by Crippen LogP contribution is -2.50. The highest BCUT2D eigenvalue weighted by Crippen LogP contribution is 2.38. The van der Waals surface area contributed by atoms with Crippen molar-refractivity contribution in [2.75, 3.05) is 25.1 Å². The Morgan fingerprint density at radius 1 is 1.00 bits per heavy atom. The summed E-state index contributed by atoms with van der Waals surface area (Å²) in [6.07, 6.45) is -1.02. The number of rotatable bonds is 7. The van der Waals surface area contributed by atoms with Crippen molar-refractivity contribution in [3.8, 4) is 17.2 Å². The number of carbonyl (C=O) groups is 1. The summed E-state index contributed by atoms with van der Waals surface area (Å²) in [5.41, 5.74) is 1.29. The predicted molar refractivity (Wildman–Crippen MR) is 123 cm³/mol. The van der Waals surface area contributed by atoms with Gasteiger partial charge in [-0.2, -0.15) is 0 Å². The van der Waals surface area contributed by atoms with Crippen molar-refractivity contribution < 1.29 is 27.4 Å². The second-order valence-electron chi connectivity index (χ2n) is 7.33. The van der Waals surface area contributed by atoms with Crippen molar-refractivity contribution in [1.29, 1.82) is 0 Å². The SMILES string of the molecule is COc1ccc(S(=O)(=O)N2CC(C(=O)NCc3ccccc3)Oc3ccccc32)cc1OC. The Kier molecular flexibility index (Phi) is 6.41. The molecule has 0 spiro atoms. The number of nitrogens with one attached hydrogen (secondary N) is 1. The van der Waals surface area contributed by atoms with Gasteiger partial charge in [-0.1, -0.05) is 42.5 Å². The van der Waals surface area contributed by atoms with Crippen LogP contribution in [0.1, 0.15) is 5.56 Å². The summed E-state index contributed by atoms with van der Waals surface area (Å²) in [6, 6.07) is 20.5. The van der Waals surface area contributed by atoms with E-state index in [1.807, 2.05) is 30.3 Å². The van der Waals surface area contributed by atoms with E-state index < -0.39 is 22.0 Å². The molecular formula is C24H24N2O6S. The van der Waals surface area contributed by atoms with Gasteiger partial charge in [0.2, 0.25) is 0 Å². The number of para-hydroxylation sites is 2. The van der Waals surface area contributed by atoms with Gasteiger partial charge in [0.25, 0.3) is 15.9 Å². The second kappa shape index (κ2) is 9.41. The molecular weight excluding hydrogens is 444 g/mol. The number of amides is 1. The van der Waals surface area contributed by atoms with Gasteiger partial charge in [-0.15, -0.1) is 0 Å². The average Bonchev–Trinajstić information content (AvgIpc) is 2.86. The summed E-state index contributed by atoms with van der Waals surface area (Å²) in [7, 11) is -1.12. The number of sulfonamides is 1. The first kappa shape index (κ1) is 22.5. The minimum Gasteiger partial charge on any atom is -0.493 e. The quantitative estimate of drug-likeness (QED) is 0.573. The normalized spacial score (nSPS) is 15.2. The first-order chi connectivity index (χ1) is 15.9. The maximum atomic E-state index is 13.6. The molecule has 0 bridgehead atoms. The van der Waals surface area contributed by atoms with Crippen molar-refractivity contribution >= 4 is 21.6 Å². The number of benzene rings is 3. The summed E-state index contributed by atoms with van der Waals surface area (Å²) >= 11 is 0. The predicted octanol–water partition coefficient (Wildman–Crippen LogP) is 2.98. The van der Waals surface area contributed by atoms with Gasteiger partial charge in [0.05, 0.1) is 31.3 Å². The molecule has 0 radical (unpaired) electrons. The number of fused-ring (bicyclic) bond motifs is 1. The topological polar surface area (TPSA) is 94.2 Å². The molecule has 1 aliphatic rings. The lowest BCUT2D eigenvalue weighted by molar-refractivity contribution is -0.127. The molecule has 8 nitrogen and oxygen atoms in total. The highest BCUT2D eigenvalue weighted by molar-refractivity contribution is 7.92.